The van der Waals surface area contributed by atoms with Gasteiger partial charge in [0.15, 0.2) is 5.03 Å². The fourth-order valence-corrected chi connectivity index (χ4v) is 2.74. The van der Waals surface area contributed by atoms with Crippen molar-refractivity contribution >= 4 is 19.7 Å². The van der Waals surface area contributed by atoms with E-state index in [2.05, 4.69) is 9.97 Å². The van der Waals surface area contributed by atoms with Crippen LogP contribution >= 0.6 is 10.7 Å². The van der Waals surface area contributed by atoms with Crippen molar-refractivity contribution in [2.75, 3.05) is 0 Å². The van der Waals surface area contributed by atoms with Gasteiger partial charge in [-0.05, 0) is 13.3 Å². The van der Waals surface area contributed by atoms with Crippen molar-refractivity contribution in [3.63, 3.8) is 0 Å². The molecule has 0 aromatic carbocycles. The molecule has 110 valence electrons. The second kappa shape index (κ2) is 5.97. The van der Waals surface area contributed by atoms with Gasteiger partial charge < -0.3 is 9.13 Å². The Bertz CT molecular complexity index is 690. The maximum Gasteiger partial charge on any atom is 0.280 e. The molecule has 0 aliphatic carbocycles. The summed E-state index contributed by atoms with van der Waals surface area (Å²) in [5.41, 5.74) is 1.00. The van der Waals surface area contributed by atoms with Crippen molar-refractivity contribution in [2.24, 2.45) is 0 Å². The molecule has 0 bridgehead atoms. The predicted octanol–water partition coefficient (Wildman–Crippen LogP) is 2.03. The van der Waals surface area contributed by atoms with E-state index >= 15 is 0 Å². The Hall–Kier alpha value is -1.34. The van der Waals surface area contributed by atoms with Crippen molar-refractivity contribution in [2.45, 2.75) is 44.8 Å². The minimum Gasteiger partial charge on any atom is -0.333 e. The molecule has 2 rings (SSSR count). The van der Waals surface area contributed by atoms with E-state index in [9.17, 15) is 8.42 Å². The molecule has 8 heteroatoms. The minimum atomic E-state index is -3.80. The van der Waals surface area contributed by atoms with E-state index in [1.54, 1.807) is 12.5 Å². The third kappa shape index (κ3) is 3.21. The van der Waals surface area contributed by atoms with E-state index < -0.39 is 9.05 Å². The van der Waals surface area contributed by atoms with Crippen LogP contribution in [0.25, 0.3) is 0 Å². The second-order valence-electron chi connectivity index (χ2n) is 4.48. The molecule has 0 spiro atoms. The highest BCUT2D eigenvalue weighted by molar-refractivity contribution is 8.13. The summed E-state index contributed by atoms with van der Waals surface area (Å²) in [4.78, 5) is 8.23. The van der Waals surface area contributed by atoms with Crippen molar-refractivity contribution in [1.82, 2.24) is 19.1 Å². The van der Waals surface area contributed by atoms with E-state index in [-0.39, 0.29) is 5.03 Å². The number of hydrogen-bond acceptors (Lipinski definition) is 4. The van der Waals surface area contributed by atoms with Crippen molar-refractivity contribution in [3.05, 3.63) is 30.2 Å². The van der Waals surface area contributed by atoms with Gasteiger partial charge in [0.1, 0.15) is 5.82 Å². The molecule has 0 aliphatic rings. The standard InChI is InChI=1S/C12H17ClN4O2S/c1-3-5-11-15-12(20(13,18)19)8-17(11)7-10-6-14-9-16(10)4-2/h6,8-9H,3-5,7H2,1-2H3. The summed E-state index contributed by atoms with van der Waals surface area (Å²) in [5, 5.41) is -0.0924. The zero-order valence-corrected chi connectivity index (χ0v) is 13.0. The van der Waals surface area contributed by atoms with Crippen LogP contribution in [0.3, 0.4) is 0 Å². The summed E-state index contributed by atoms with van der Waals surface area (Å²) >= 11 is 0. The van der Waals surface area contributed by atoms with Gasteiger partial charge in [0, 0.05) is 36.0 Å². The normalized spacial score (nSPS) is 11.9. The number of nitrogens with zero attached hydrogens (tertiary/aromatic N) is 4. The summed E-state index contributed by atoms with van der Waals surface area (Å²) in [6.07, 6.45) is 6.60. The van der Waals surface area contributed by atoms with E-state index in [0.717, 1.165) is 24.5 Å². The lowest BCUT2D eigenvalue weighted by atomic mass is 10.3. The minimum absolute atomic E-state index is 0.0924. The SMILES string of the molecule is CCCc1nc(S(=O)(=O)Cl)cn1Cc1cncn1CC. The van der Waals surface area contributed by atoms with Gasteiger partial charge in [0.2, 0.25) is 0 Å². The largest absolute Gasteiger partial charge is 0.333 e. The molecule has 0 unspecified atom stereocenters. The lowest BCUT2D eigenvalue weighted by molar-refractivity contribution is 0.606. The second-order valence-corrected chi connectivity index (χ2v) is 6.99. The average molecular weight is 317 g/mol. The highest BCUT2D eigenvalue weighted by Gasteiger charge is 2.18. The Morgan fingerprint density at radius 1 is 1.30 bits per heavy atom. The fraction of sp³-hybridized carbons (Fsp3) is 0.500. The van der Waals surface area contributed by atoms with Crippen molar-refractivity contribution in [3.8, 4) is 0 Å². The van der Waals surface area contributed by atoms with Crippen LogP contribution in [0, 0.1) is 0 Å². The first-order chi connectivity index (χ1) is 9.45. The van der Waals surface area contributed by atoms with Gasteiger partial charge in [0.25, 0.3) is 9.05 Å². The molecule has 6 nitrogen and oxygen atoms in total. The number of hydrogen-bond donors (Lipinski definition) is 0. The third-order valence-corrected chi connectivity index (χ3v) is 4.20. The lowest BCUT2D eigenvalue weighted by Gasteiger charge is -2.08. The molecule has 2 aromatic rings. The molecule has 0 radical (unpaired) electrons. The van der Waals surface area contributed by atoms with Gasteiger partial charge in [-0.25, -0.2) is 18.4 Å². The maximum atomic E-state index is 11.4. The highest BCUT2D eigenvalue weighted by Crippen LogP contribution is 2.17. The van der Waals surface area contributed by atoms with E-state index in [1.807, 2.05) is 23.0 Å². The number of rotatable bonds is 6. The van der Waals surface area contributed by atoms with Crippen molar-refractivity contribution in [1.29, 1.82) is 0 Å². The number of imidazole rings is 2. The summed E-state index contributed by atoms with van der Waals surface area (Å²) in [5.74, 6) is 0.718. The van der Waals surface area contributed by atoms with Crippen LogP contribution in [0.1, 0.15) is 31.8 Å². The first-order valence-electron chi connectivity index (χ1n) is 6.45. The van der Waals surface area contributed by atoms with Crippen LogP contribution in [0.4, 0.5) is 0 Å². The molecule has 0 amide bonds. The quantitative estimate of drug-likeness (QED) is 0.765. The zero-order chi connectivity index (χ0) is 14.8. The Labute approximate surface area is 122 Å². The van der Waals surface area contributed by atoms with E-state index in [0.29, 0.717) is 13.0 Å². The van der Waals surface area contributed by atoms with Gasteiger partial charge in [-0.2, -0.15) is 0 Å². The molecule has 2 heterocycles. The van der Waals surface area contributed by atoms with Gasteiger partial charge in [-0.15, -0.1) is 0 Å². The Morgan fingerprint density at radius 2 is 2.05 bits per heavy atom. The summed E-state index contributed by atoms with van der Waals surface area (Å²) < 4.78 is 26.6. The van der Waals surface area contributed by atoms with E-state index in [1.165, 1.54) is 6.20 Å². The number of aryl methyl sites for hydroxylation is 2. The fourth-order valence-electron chi connectivity index (χ4n) is 2.04. The van der Waals surface area contributed by atoms with Crippen LogP contribution in [-0.4, -0.2) is 27.5 Å². The molecule has 0 fully saturated rings. The molecule has 0 N–H and O–H groups in total. The van der Waals surface area contributed by atoms with Crippen LogP contribution in [0.15, 0.2) is 23.7 Å². The predicted molar refractivity (Wildman–Crippen MR) is 76.3 cm³/mol. The first-order valence-corrected chi connectivity index (χ1v) is 8.76. The monoisotopic (exact) mass is 316 g/mol. The van der Waals surface area contributed by atoms with Gasteiger partial charge >= 0.3 is 0 Å². The molecule has 0 atom stereocenters. The molecular formula is C12H17ClN4O2S. The van der Waals surface area contributed by atoms with E-state index in [4.69, 9.17) is 10.7 Å². The van der Waals surface area contributed by atoms with Gasteiger partial charge in [-0.3, -0.25) is 0 Å². The first kappa shape index (κ1) is 15.1. The Morgan fingerprint density at radius 3 is 2.65 bits per heavy atom. The Kier molecular flexibility index (Phi) is 4.49. The topological polar surface area (TPSA) is 69.8 Å². The average Bonchev–Trinajstić information content (AvgIpc) is 2.97. The highest BCUT2D eigenvalue weighted by atomic mass is 35.7. The summed E-state index contributed by atoms with van der Waals surface area (Å²) in [6, 6.07) is 0. The van der Waals surface area contributed by atoms with Crippen LogP contribution < -0.4 is 0 Å². The smallest absolute Gasteiger partial charge is 0.280 e. The molecule has 0 saturated heterocycles. The zero-order valence-electron chi connectivity index (χ0n) is 11.5. The van der Waals surface area contributed by atoms with Gasteiger partial charge in [-0.1, -0.05) is 6.92 Å². The molecule has 0 aliphatic heterocycles. The van der Waals surface area contributed by atoms with Crippen molar-refractivity contribution < 1.29 is 8.42 Å². The summed E-state index contributed by atoms with van der Waals surface area (Å²) in [7, 11) is 1.56. The van der Waals surface area contributed by atoms with Crippen LogP contribution in [0.2, 0.25) is 0 Å². The molecule has 0 saturated carbocycles. The lowest BCUT2D eigenvalue weighted by Crippen LogP contribution is -2.08. The summed E-state index contributed by atoms with van der Waals surface area (Å²) in [6.45, 7) is 5.39. The van der Waals surface area contributed by atoms with Gasteiger partial charge in [0.05, 0.1) is 18.6 Å². The van der Waals surface area contributed by atoms with Crippen LogP contribution in [-0.2, 0) is 28.6 Å². The molecule has 20 heavy (non-hydrogen) atoms. The van der Waals surface area contributed by atoms with Crippen LogP contribution in [0.5, 0.6) is 0 Å². The maximum absolute atomic E-state index is 11.4. The molecule has 2 aromatic heterocycles. The molecular weight excluding hydrogens is 300 g/mol. The number of aromatic nitrogens is 4. The third-order valence-electron chi connectivity index (χ3n) is 3.03. The Balaban J connectivity index is 2.37. The number of halogens is 1.